The molecule has 0 atom stereocenters. The predicted octanol–water partition coefficient (Wildman–Crippen LogP) is 5.96. The maximum absolute atomic E-state index is 12.4. The van der Waals surface area contributed by atoms with E-state index < -0.39 is 56.8 Å². The zero-order valence-corrected chi connectivity index (χ0v) is 25.9. The lowest BCUT2D eigenvalue weighted by Gasteiger charge is -2.11. The number of aromatic hydroxyl groups is 2. The number of phenols is 2. The molecule has 17 heteroatoms. The molecule has 0 aliphatic rings. The van der Waals surface area contributed by atoms with Gasteiger partial charge in [0, 0.05) is 17.8 Å². The third-order valence-corrected chi connectivity index (χ3v) is 10.9. The molecule has 0 saturated carbocycles. The van der Waals surface area contributed by atoms with E-state index in [1.54, 1.807) is 32.2 Å². The van der Waals surface area contributed by atoms with Crippen LogP contribution < -0.4 is 5.32 Å². The molecule has 14 nitrogen and oxygen atoms in total. The number of benzene rings is 4. The van der Waals surface area contributed by atoms with Gasteiger partial charge in [0.2, 0.25) is 0 Å². The van der Waals surface area contributed by atoms with Crippen LogP contribution in [0.1, 0.15) is 13.8 Å². The second kappa shape index (κ2) is 12.3. The molecule has 44 heavy (non-hydrogen) atoms. The minimum atomic E-state index is -5.03. The van der Waals surface area contributed by atoms with Crippen LogP contribution in [0.4, 0.5) is 28.4 Å². The second-order valence-corrected chi connectivity index (χ2v) is 15.2. The van der Waals surface area contributed by atoms with Gasteiger partial charge in [-0.3, -0.25) is 4.55 Å². The first kappa shape index (κ1) is 32.5. The van der Waals surface area contributed by atoms with Gasteiger partial charge >= 0.3 is 0 Å². The van der Waals surface area contributed by atoms with Crippen LogP contribution in [0, 0.1) is 0 Å². The predicted molar refractivity (Wildman–Crippen MR) is 163 cm³/mol. The van der Waals surface area contributed by atoms with E-state index in [1.807, 2.05) is 0 Å². The summed E-state index contributed by atoms with van der Waals surface area (Å²) in [5, 5.41) is 41.3. The summed E-state index contributed by atoms with van der Waals surface area (Å²) in [5.74, 6) is -1.84. The Balaban J connectivity index is 1.78. The topological polar surface area (TPSA) is 225 Å². The molecule has 4 rings (SSSR count). The molecular formula is C27H27N5O9S3. The lowest BCUT2D eigenvalue weighted by molar-refractivity contribution is 0.443. The number of phenolic OH excluding ortho intramolecular Hbond substituents is 2. The van der Waals surface area contributed by atoms with Crippen molar-refractivity contribution in [1.82, 2.24) is 0 Å². The van der Waals surface area contributed by atoms with Gasteiger partial charge in [-0.05, 0) is 60.7 Å². The normalized spacial score (nSPS) is 12.8. The number of azo groups is 2. The molecule has 0 aromatic heterocycles. The molecular weight excluding hydrogens is 635 g/mol. The van der Waals surface area contributed by atoms with Crippen molar-refractivity contribution >= 4 is 69.0 Å². The molecule has 232 valence electrons. The Labute approximate surface area is 253 Å². The van der Waals surface area contributed by atoms with E-state index in [1.165, 1.54) is 37.3 Å². The lowest BCUT2D eigenvalue weighted by Crippen LogP contribution is -2.06. The van der Waals surface area contributed by atoms with E-state index in [-0.39, 0.29) is 27.5 Å². The van der Waals surface area contributed by atoms with E-state index in [9.17, 15) is 40.0 Å². The summed E-state index contributed by atoms with van der Waals surface area (Å²) in [5.41, 5.74) is 0.565. The minimum Gasteiger partial charge on any atom is -0.505 e. The van der Waals surface area contributed by atoms with Crippen LogP contribution in [-0.4, -0.2) is 58.6 Å². The van der Waals surface area contributed by atoms with E-state index in [0.717, 1.165) is 6.07 Å². The number of fused-ring (bicyclic) bond motifs is 1. The van der Waals surface area contributed by atoms with Gasteiger partial charge in [-0.2, -0.15) is 13.5 Å². The molecule has 0 bridgehead atoms. The average Bonchev–Trinajstić information content (AvgIpc) is 2.99. The van der Waals surface area contributed by atoms with E-state index in [4.69, 9.17) is 0 Å². The fraction of sp³-hybridized carbons (Fsp3) is 0.185. The third-order valence-electron chi connectivity index (χ3n) is 6.54. The SMILES string of the molecule is CCS(=O)(=O)c1ccc(/N=N/c2c(NC)ccc3c(O)c(/N=N/c4cc(S(=O)(=O)CC)cc(S(=O)(=O)O)c4O)ccc23)cc1. The molecule has 0 unspecified atom stereocenters. The number of nitrogens with zero attached hydrogens (tertiary/aromatic N) is 4. The Bertz CT molecular complexity index is 2150. The molecule has 0 radical (unpaired) electrons. The number of hydrogen-bond acceptors (Lipinski definition) is 13. The summed E-state index contributed by atoms with van der Waals surface area (Å²) in [6.45, 7) is 2.87. The van der Waals surface area contributed by atoms with Crippen molar-refractivity contribution in [2.45, 2.75) is 28.5 Å². The van der Waals surface area contributed by atoms with Crippen LogP contribution in [0.3, 0.4) is 0 Å². The summed E-state index contributed by atoms with van der Waals surface area (Å²) in [6.07, 6.45) is 0. The zero-order valence-electron chi connectivity index (χ0n) is 23.5. The van der Waals surface area contributed by atoms with Crippen LogP contribution in [0.25, 0.3) is 10.8 Å². The molecule has 0 aliphatic heterocycles. The molecule has 0 heterocycles. The Hall–Kier alpha value is -4.45. The third kappa shape index (κ3) is 6.54. The van der Waals surface area contributed by atoms with Gasteiger partial charge in [-0.1, -0.05) is 13.8 Å². The first-order valence-electron chi connectivity index (χ1n) is 12.8. The van der Waals surface area contributed by atoms with Gasteiger partial charge in [-0.15, -0.1) is 15.3 Å². The summed E-state index contributed by atoms with van der Waals surface area (Å²) >= 11 is 0. The summed E-state index contributed by atoms with van der Waals surface area (Å²) < 4.78 is 82.0. The molecule has 4 aromatic rings. The first-order valence-corrected chi connectivity index (χ1v) is 17.6. The van der Waals surface area contributed by atoms with Crippen molar-refractivity contribution < 1.29 is 40.0 Å². The van der Waals surface area contributed by atoms with Crippen molar-refractivity contribution in [3.63, 3.8) is 0 Å². The fourth-order valence-electron chi connectivity index (χ4n) is 4.04. The highest BCUT2D eigenvalue weighted by atomic mass is 32.2. The number of anilines is 1. The molecule has 4 N–H and O–H groups in total. The largest absolute Gasteiger partial charge is 0.505 e. The van der Waals surface area contributed by atoms with Gasteiger partial charge in [0.25, 0.3) is 10.1 Å². The Morgan fingerprint density at radius 2 is 1.25 bits per heavy atom. The summed E-state index contributed by atoms with van der Waals surface area (Å²) in [4.78, 5) is -1.42. The quantitative estimate of drug-likeness (QED) is 0.115. The molecule has 0 aliphatic carbocycles. The zero-order chi connectivity index (χ0) is 32.4. The van der Waals surface area contributed by atoms with Crippen molar-refractivity contribution in [2.75, 3.05) is 23.9 Å². The Morgan fingerprint density at radius 3 is 1.84 bits per heavy atom. The summed E-state index contributed by atoms with van der Waals surface area (Å²) in [7, 11) is -10.7. The molecule has 4 aromatic carbocycles. The second-order valence-electron chi connectivity index (χ2n) is 9.21. The minimum absolute atomic E-state index is 0.0413. The lowest BCUT2D eigenvalue weighted by atomic mass is 10.1. The van der Waals surface area contributed by atoms with Crippen molar-refractivity contribution in [3.8, 4) is 11.5 Å². The van der Waals surface area contributed by atoms with Crippen molar-refractivity contribution in [3.05, 3.63) is 60.7 Å². The van der Waals surface area contributed by atoms with Crippen LogP contribution in [0.5, 0.6) is 11.5 Å². The highest BCUT2D eigenvalue weighted by Gasteiger charge is 2.24. The van der Waals surface area contributed by atoms with E-state index in [2.05, 4.69) is 25.8 Å². The number of sulfone groups is 2. The van der Waals surface area contributed by atoms with Gasteiger partial charge in [0.05, 0.1) is 32.7 Å². The van der Waals surface area contributed by atoms with Gasteiger partial charge < -0.3 is 15.5 Å². The van der Waals surface area contributed by atoms with E-state index in [0.29, 0.717) is 28.5 Å². The maximum atomic E-state index is 12.4. The Kier molecular flexibility index (Phi) is 9.06. The van der Waals surface area contributed by atoms with E-state index >= 15 is 0 Å². The van der Waals surface area contributed by atoms with Crippen LogP contribution in [-0.2, 0) is 29.8 Å². The van der Waals surface area contributed by atoms with Gasteiger partial charge in [0.15, 0.2) is 31.2 Å². The fourth-order valence-corrected chi connectivity index (χ4v) is 6.55. The van der Waals surface area contributed by atoms with Crippen LogP contribution >= 0.6 is 0 Å². The summed E-state index contributed by atoms with van der Waals surface area (Å²) in [6, 6.07) is 13.5. The standard InChI is InChI=1S/C27H27N5O9S3/c1-4-42(35,36)17-8-6-16(7-9-17)29-32-25-19-10-13-22(26(33)20(19)11-12-21(25)28-3)30-31-23-14-18(43(37,38)5-2)15-24(27(23)34)44(39,40)41/h6-15,28,33-34H,4-5H2,1-3H3,(H,39,40,41)/b31-30+,32-29+. The van der Waals surface area contributed by atoms with Gasteiger partial charge in [0.1, 0.15) is 22.0 Å². The number of hydrogen-bond donors (Lipinski definition) is 4. The molecule has 0 fully saturated rings. The highest BCUT2D eigenvalue weighted by Crippen LogP contribution is 2.44. The van der Waals surface area contributed by atoms with Crippen molar-refractivity contribution in [2.24, 2.45) is 20.5 Å². The highest BCUT2D eigenvalue weighted by molar-refractivity contribution is 7.91. The maximum Gasteiger partial charge on any atom is 0.298 e. The number of nitrogens with one attached hydrogen (secondary N) is 1. The smallest absolute Gasteiger partial charge is 0.298 e. The number of rotatable bonds is 10. The molecule has 0 amide bonds. The average molecular weight is 662 g/mol. The van der Waals surface area contributed by atoms with Gasteiger partial charge in [-0.25, -0.2) is 16.8 Å². The molecule has 0 saturated heterocycles. The monoisotopic (exact) mass is 661 g/mol. The first-order chi connectivity index (χ1) is 20.6. The van der Waals surface area contributed by atoms with Crippen molar-refractivity contribution in [1.29, 1.82) is 0 Å². The van der Waals surface area contributed by atoms with Crippen LogP contribution in [0.15, 0.2) is 95.8 Å². The Morgan fingerprint density at radius 1 is 0.659 bits per heavy atom. The molecule has 0 spiro atoms. The van der Waals surface area contributed by atoms with Crippen LogP contribution in [0.2, 0.25) is 0 Å².